The summed E-state index contributed by atoms with van der Waals surface area (Å²) in [6.07, 6.45) is 5.11. The fraction of sp³-hybridized carbons (Fsp3) is 0.391. The summed E-state index contributed by atoms with van der Waals surface area (Å²) in [4.78, 5) is 54.8. The average molecular weight is 450 g/mol. The molecule has 10 heteroatoms. The molecule has 1 aromatic carbocycles. The summed E-state index contributed by atoms with van der Waals surface area (Å²) in [6.45, 7) is 5.62. The molecule has 2 amide bonds. The molecule has 1 fully saturated rings. The van der Waals surface area contributed by atoms with Crippen LogP contribution in [0.25, 0.3) is 22.4 Å². The maximum absolute atomic E-state index is 13.0. The standard InChI is InChI=1S/C22H24N6O2.CH2O2/c1-12(2)19-23-10-13(11-24-19)20-25-17-8-15-16(9-18(17)26-20)22(30)28(21(15)29)14-4-6-27(3)7-5-14;2-1-3/h8-12,14H,4-7H2,1-3H3,(H,25,26);1H,(H,2,3). The average Bonchev–Trinajstić information content (AvgIpc) is 3.32. The van der Waals surface area contributed by atoms with E-state index in [1.807, 2.05) is 13.8 Å². The zero-order valence-corrected chi connectivity index (χ0v) is 18.8. The predicted octanol–water partition coefficient (Wildman–Crippen LogP) is 2.53. The molecule has 0 radical (unpaired) electrons. The van der Waals surface area contributed by atoms with E-state index >= 15 is 0 Å². The summed E-state index contributed by atoms with van der Waals surface area (Å²) in [7, 11) is 2.06. The second-order valence-corrected chi connectivity index (χ2v) is 8.61. The first-order valence-electron chi connectivity index (χ1n) is 10.8. The van der Waals surface area contributed by atoms with Crippen LogP contribution in [-0.2, 0) is 4.79 Å². The number of imide groups is 1. The van der Waals surface area contributed by atoms with Gasteiger partial charge in [0.2, 0.25) is 0 Å². The molecule has 1 saturated heterocycles. The summed E-state index contributed by atoms with van der Waals surface area (Å²) in [5.41, 5.74) is 3.04. The molecule has 0 aliphatic carbocycles. The Bertz CT molecular complexity index is 1140. The van der Waals surface area contributed by atoms with Crippen molar-refractivity contribution in [3.63, 3.8) is 0 Å². The number of piperidine rings is 1. The number of aromatic amines is 1. The van der Waals surface area contributed by atoms with Crippen LogP contribution >= 0.6 is 0 Å². The van der Waals surface area contributed by atoms with Gasteiger partial charge in [0.15, 0.2) is 0 Å². The van der Waals surface area contributed by atoms with E-state index in [2.05, 4.69) is 31.9 Å². The number of likely N-dealkylation sites (tertiary alicyclic amines) is 1. The summed E-state index contributed by atoms with van der Waals surface area (Å²) in [5.74, 6) is 1.24. The fourth-order valence-corrected chi connectivity index (χ4v) is 4.24. The Morgan fingerprint density at radius 2 is 1.67 bits per heavy atom. The van der Waals surface area contributed by atoms with Crippen LogP contribution in [0.15, 0.2) is 24.5 Å². The minimum absolute atomic E-state index is 0.0351. The van der Waals surface area contributed by atoms with Crippen LogP contribution in [0.4, 0.5) is 0 Å². The molecule has 0 spiro atoms. The van der Waals surface area contributed by atoms with Gasteiger partial charge in [0.1, 0.15) is 11.6 Å². The summed E-state index contributed by atoms with van der Waals surface area (Å²) in [6, 6.07) is 3.44. The highest BCUT2D eigenvalue weighted by Gasteiger charge is 2.41. The lowest BCUT2D eigenvalue weighted by Gasteiger charge is -2.33. The topological polar surface area (TPSA) is 132 Å². The monoisotopic (exact) mass is 450 g/mol. The van der Waals surface area contributed by atoms with Crippen molar-refractivity contribution in [2.45, 2.75) is 38.6 Å². The highest BCUT2D eigenvalue weighted by molar-refractivity contribution is 6.23. The van der Waals surface area contributed by atoms with Gasteiger partial charge in [-0.3, -0.25) is 19.3 Å². The second kappa shape index (κ2) is 9.07. The minimum atomic E-state index is -0.250. The molecule has 0 saturated carbocycles. The lowest BCUT2D eigenvalue weighted by atomic mass is 10.0. The molecule has 2 aliphatic heterocycles. The van der Waals surface area contributed by atoms with Gasteiger partial charge < -0.3 is 15.0 Å². The maximum atomic E-state index is 13.0. The van der Waals surface area contributed by atoms with E-state index in [4.69, 9.17) is 9.90 Å². The van der Waals surface area contributed by atoms with Crippen LogP contribution < -0.4 is 0 Å². The van der Waals surface area contributed by atoms with Crippen molar-refractivity contribution in [2.24, 2.45) is 0 Å². The summed E-state index contributed by atoms with van der Waals surface area (Å²) < 4.78 is 0. The molecule has 2 aromatic heterocycles. The molecular formula is C23H26N6O4. The Labute approximate surface area is 190 Å². The zero-order valence-electron chi connectivity index (χ0n) is 18.8. The number of carbonyl (C=O) groups excluding carboxylic acids is 2. The van der Waals surface area contributed by atoms with Gasteiger partial charge in [0.25, 0.3) is 18.3 Å². The highest BCUT2D eigenvalue weighted by atomic mass is 16.3. The number of nitrogens with zero attached hydrogens (tertiary/aromatic N) is 5. The number of fused-ring (bicyclic) bond motifs is 2. The first kappa shape index (κ1) is 22.5. The summed E-state index contributed by atoms with van der Waals surface area (Å²) >= 11 is 0. The molecule has 0 atom stereocenters. The summed E-state index contributed by atoms with van der Waals surface area (Å²) in [5, 5.41) is 6.89. The Balaban J connectivity index is 0.000000821. The number of amides is 2. The molecular weight excluding hydrogens is 424 g/mol. The van der Waals surface area contributed by atoms with Crippen molar-refractivity contribution in [3.05, 3.63) is 41.5 Å². The number of rotatable bonds is 3. The van der Waals surface area contributed by atoms with Gasteiger partial charge in [-0.25, -0.2) is 15.0 Å². The number of carboxylic acid groups (broad SMARTS) is 1. The number of hydrogen-bond acceptors (Lipinski definition) is 7. The molecule has 10 nitrogen and oxygen atoms in total. The molecule has 3 aromatic rings. The molecule has 0 unspecified atom stereocenters. The van der Waals surface area contributed by atoms with Crippen LogP contribution in [0.1, 0.15) is 59.1 Å². The van der Waals surface area contributed by atoms with Crippen molar-refractivity contribution in [3.8, 4) is 11.4 Å². The largest absolute Gasteiger partial charge is 0.483 e. The number of H-pyrrole nitrogens is 1. The number of imidazole rings is 1. The molecule has 172 valence electrons. The van der Waals surface area contributed by atoms with Gasteiger partial charge in [-0.2, -0.15) is 0 Å². The van der Waals surface area contributed by atoms with E-state index in [1.165, 1.54) is 4.90 Å². The molecule has 4 heterocycles. The first-order valence-corrected chi connectivity index (χ1v) is 10.8. The van der Waals surface area contributed by atoms with Gasteiger partial charge in [-0.05, 0) is 45.1 Å². The number of aromatic nitrogens is 4. The first-order chi connectivity index (χ1) is 15.8. The zero-order chi connectivity index (χ0) is 23.7. The molecule has 2 aliphatic rings. The smallest absolute Gasteiger partial charge is 0.290 e. The molecule has 2 N–H and O–H groups in total. The maximum Gasteiger partial charge on any atom is 0.290 e. The van der Waals surface area contributed by atoms with Gasteiger partial charge in [-0.1, -0.05) is 13.8 Å². The third kappa shape index (κ3) is 4.21. The highest BCUT2D eigenvalue weighted by Crippen LogP contribution is 2.32. The Kier molecular flexibility index (Phi) is 6.19. The van der Waals surface area contributed by atoms with E-state index < -0.39 is 0 Å². The minimum Gasteiger partial charge on any atom is -0.483 e. The number of carbonyl (C=O) groups is 3. The van der Waals surface area contributed by atoms with Crippen LogP contribution in [-0.4, -0.2) is 79.3 Å². The third-order valence-electron chi connectivity index (χ3n) is 6.03. The van der Waals surface area contributed by atoms with Gasteiger partial charge >= 0.3 is 0 Å². The van der Waals surface area contributed by atoms with Gasteiger partial charge in [0.05, 0.1) is 27.7 Å². The predicted molar refractivity (Wildman–Crippen MR) is 121 cm³/mol. The van der Waals surface area contributed by atoms with Crippen molar-refractivity contribution >= 4 is 29.3 Å². The van der Waals surface area contributed by atoms with Crippen LogP contribution in [0.3, 0.4) is 0 Å². The van der Waals surface area contributed by atoms with E-state index in [1.54, 1.807) is 24.5 Å². The van der Waals surface area contributed by atoms with E-state index in [0.29, 0.717) is 22.5 Å². The van der Waals surface area contributed by atoms with Crippen molar-refractivity contribution in [1.82, 2.24) is 29.7 Å². The third-order valence-corrected chi connectivity index (χ3v) is 6.03. The van der Waals surface area contributed by atoms with E-state index in [0.717, 1.165) is 42.8 Å². The Hall–Kier alpha value is -3.66. The van der Waals surface area contributed by atoms with E-state index in [9.17, 15) is 9.59 Å². The SMILES string of the molecule is CC(C)c1ncc(-c2nc3cc4c(cc3[nH]2)C(=O)N(C2CCN(C)CC2)C4=O)cn1.O=CO. The molecule has 33 heavy (non-hydrogen) atoms. The Morgan fingerprint density at radius 1 is 1.09 bits per heavy atom. The molecule has 0 bridgehead atoms. The van der Waals surface area contributed by atoms with Crippen LogP contribution in [0.5, 0.6) is 0 Å². The van der Waals surface area contributed by atoms with Crippen LogP contribution in [0.2, 0.25) is 0 Å². The Morgan fingerprint density at radius 3 is 2.24 bits per heavy atom. The number of nitrogens with one attached hydrogen (secondary N) is 1. The lowest BCUT2D eigenvalue weighted by Crippen LogP contribution is -2.46. The quantitative estimate of drug-likeness (QED) is 0.459. The van der Waals surface area contributed by atoms with Crippen LogP contribution in [0, 0.1) is 0 Å². The normalized spacial score (nSPS) is 16.8. The second-order valence-electron chi connectivity index (χ2n) is 8.61. The number of hydrogen-bond donors (Lipinski definition) is 2. The van der Waals surface area contributed by atoms with Crippen molar-refractivity contribution in [2.75, 3.05) is 20.1 Å². The molecule has 5 rings (SSSR count). The van der Waals surface area contributed by atoms with Crippen molar-refractivity contribution < 1.29 is 19.5 Å². The lowest BCUT2D eigenvalue weighted by molar-refractivity contribution is -0.122. The fourth-order valence-electron chi connectivity index (χ4n) is 4.24. The number of benzene rings is 1. The van der Waals surface area contributed by atoms with Gasteiger partial charge in [0, 0.05) is 24.4 Å². The van der Waals surface area contributed by atoms with Gasteiger partial charge in [-0.15, -0.1) is 0 Å². The van der Waals surface area contributed by atoms with E-state index in [-0.39, 0.29) is 30.2 Å². The van der Waals surface area contributed by atoms with Crippen molar-refractivity contribution in [1.29, 1.82) is 0 Å².